The van der Waals surface area contributed by atoms with Crippen LogP contribution in [0.4, 0.5) is 10.1 Å². The third kappa shape index (κ3) is 4.35. The van der Waals surface area contributed by atoms with E-state index in [1.807, 2.05) is 30.3 Å². The van der Waals surface area contributed by atoms with Crippen molar-refractivity contribution in [2.24, 2.45) is 0 Å². The first-order valence-corrected chi connectivity index (χ1v) is 9.06. The fourth-order valence-corrected chi connectivity index (χ4v) is 3.08. The molecule has 7 heteroatoms. The maximum atomic E-state index is 13.0. The number of carbonyl (C=O) groups excluding carboxylic acids is 2. The van der Waals surface area contributed by atoms with Gasteiger partial charge in [0.25, 0.3) is 5.91 Å². The van der Waals surface area contributed by atoms with Crippen molar-refractivity contribution >= 4 is 28.3 Å². The summed E-state index contributed by atoms with van der Waals surface area (Å²) in [5.74, 6) is -0.720. The first-order chi connectivity index (χ1) is 14.1. The van der Waals surface area contributed by atoms with E-state index in [9.17, 15) is 14.0 Å². The van der Waals surface area contributed by atoms with Crippen LogP contribution in [0.3, 0.4) is 0 Å². The normalized spacial score (nSPS) is 10.8. The highest BCUT2D eigenvalue weighted by Crippen LogP contribution is 2.20. The first-order valence-electron chi connectivity index (χ1n) is 9.06. The number of benzene rings is 2. The largest absolute Gasteiger partial charge is 0.321 e. The number of hydrogen-bond acceptors (Lipinski definition) is 3. The van der Waals surface area contributed by atoms with Gasteiger partial charge in [-0.2, -0.15) is 0 Å². The van der Waals surface area contributed by atoms with Gasteiger partial charge in [-0.25, -0.2) is 13.5 Å². The van der Waals surface area contributed by atoms with Crippen molar-refractivity contribution in [3.63, 3.8) is 0 Å². The molecule has 1 N–H and O–H groups in total. The Morgan fingerprint density at radius 1 is 1.07 bits per heavy atom. The summed E-state index contributed by atoms with van der Waals surface area (Å²) in [4.78, 5) is 29.0. The van der Waals surface area contributed by atoms with E-state index in [-0.39, 0.29) is 30.6 Å². The second kappa shape index (κ2) is 8.02. The molecule has 0 aliphatic rings. The van der Waals surface area contributed by atoms with E-state index in [2.05, 4.69) is 10.3 Å². The molecule has 0 atom stereocenters. The summed E-state index contributed by atoms with van der Waals surface area (Å²) in [6.45, 7) is 0.203. The number of imidazole rings is 1. The van der Waals surface area contributed by atoms with Gasteiger partial charge >= 0.3 is 0 Å². The molecule has 2 aromatic heterocycles. The van der Waals surface area contributed by atoms with Crippen molar-refractivity contribution in [3.05, 3.63) is 90.9 Å². The summed E-state index contributed by atoms with van der Waals surface area (Å²) in [7, 11) is 0. The molecule has 29 heavy (non-hydrogen) atoms. The number of amides is 1. The summed E-state index contributed by atoms with van der Waals surface area (Å²) in [6, 6.07) is 14.8. The highest BCUT2D eigenvalue weighted by Gasteiger charge is 2.14. The van der Waals surface area contributed by atoms with Crippen molar-refractivity contribution < 1.29 is 18.5 Å². The lowest BCUT2D eigenvalue weighted by atomic mass is 10.1. The van der Waals surface area contributed by atoms with E-state index in [0.29, 0.717) is 11.3 Å². The number of anilines is 1. The first kappa shape index (κ1) is 18.5. The SMILES string of the molecule is O=C(Cn1cc[n+](CC(=O)c2ccc(F)cc2)c1)Nc1cccc2cccnc12. The van der Waals surface area contributed by atoms with Crippen LogP contribution in [0.2, 0.25) is 0 Å². The number of rotatable bonds is 6. The smallest absolute Gasteiger partial charge is 0.266 e. The molecular formula is C22H18FN4O2+. The Labute approximate surface area is 166 Å². The molecule has 4 aromatic rings. The number of nitrogens with zero attached hydrogens (tertiary/aromatic N) is 3. The molecule has 0 radical (unpaired) electrons. The maximum Gasteiger partial charge on any atom is 0.266 e. The van der Waals surface area contributed by atoms with Crippen molar-refractivity contribution in [1.82, 2.24) is 9.55 Å². The molecule has 0 saturated carbocycles. The van der Waals surface area contributed by atoms with Crippen LogP contribution in [0.5, 0.6) is 0 Å². The molecule has 0 aliphatic carbocycles. The van der Waals surface area contributed by atoms with Gasteiger partial charge in [-0.3, -0.25) is 14.6 Å². The summed E-state index contributed by atoms with van der Waals surface area (Å²) in [6.07, 6.45) is 6.81. The zero-order chi connectivity index (χ0) is 20.2. The van der Waals surface area contributed by atoms with Crippen LogP contribution in [0.1, 0.15) is 10.4 Å². The van der Waals surface area contributed by atoms with Gasteiger partial charge < -0.3 is 5.32 Å². The van der Waals surface area contributed by atoms with Crippen LogP contribution in [-0.4, -0.2) is 21.2 Å². The number of para-hydroxylation sites is 1. The predicted molar refractivity (Wildman–Crippen MR) is 106 cm³/mol. The second-order valence-corrected chi connectivity index (χ2v) is 6.62. The minimum atomic E-state index is -0.382. The molecule has 0 aliphatic heterocycles. The molecule has 4 rings (SSSR count). The van der Waals surface area contributed by atoms with E-state index in [1.165, 1.54) is 24.3 Å². The van der Waals surface area contributed by atoms with E-state index >= 15 is 0 Å². The summed E-state index contributed by atoms with van der Waals surface area (Å²) in [5.41, 5.74) is 1.82. The fourth-order valence-electron chi connectivity index (χ4n) is 3.08. The van der Waals surface area contributed by atoms with Gasteiger partial charge in [-0.1, -0.05) is 18.2 Å². The number of carbonyl (C=O) groups is 2. The summed E-state index contributed by atoms with van der Waals surface area (Å²) < 4.78 is 16.3. The minimum Gasteiger partial charge on any atom is -0.321 e. The number of Topliss-reactive ketones (excluding diaryl/α,β-unsaturated/α-hetero) is 1. The van der Waals surface area contributed by atoms with E-state index in [0.717, 1.165) is 10.9 Å². The van der Waals surface area contributed by atoms with Crippen LogP contribution < -0.4 is 9.88 Å². The van der Waals surface area contributed by atoms with Gasteiger partial charge in [0.15, 0.2) is 13.1 Å². The Morgan fingerprint density at radius 3 is 2.69 bits per heavy atom. The number of hydrogen-bond donors (Lipinski definition) is 1. The minimum absolute atomic E-state index is 0.0982. The van der Waals surface area contributed by atoms with E-state index in [1.54, 1.807) is 34.1 Å². The quantitative estimate of drug-likeness (QED) is 0.407. The molecule has 6 nitrogen and oxygen atoms in total. The number of ketones is 1. The molecule has 2 aromatic carbocycles. The molecule has 0 saturated heterocycles. The molecule has 1 amide bonds. The van der Waals surface area contributed by atoms with Gasteiger partial charge in [0, 0.05) is 17.1 Å². The fraction of sp³-hybridized carbons (Fsp3) is 0.0909. The van der Waals surface area contributed by atoms with Crippen LogP contribution in [0.25, 0.3) is 10.9 Å². The molecule has 0 fully saturated rings. The van der Waals surface area contributed by atoms with Crippen LogP contribution >= 0.6 is 0 Å². The Hall–Kier alpha value is -3.87. The Morgan fingerprint density at radius 2 is 1.86 bits per heavy atom. The average molecular weight is 389 g/mol. The second-order valence-electron chi connectivity index (χ2n) is 6.62. The van der Waals surface area contributed by atoms with Gasteiger partial charge in [-0.15, -0.1) is 0 Å². The molecule has 0 bridgehead atoms. The molecule has 0 spiro atoms. The molecule has 0 unspecified atom stereocenters. The summed E-state index contributed by atoms with van der Waals surface area (Å²) >= 11 is 0. The van der Waals surface area contributed by atoms with Gasteiger partial charge in [0.05, 0.1) is 11.2 Å². The number of fused-ring (bicyclic) bond motifs is 1. The van der Waals surface area contributed by atoms with Gasteiger partial charge in [-0.05, 0) is 36.4 Å². The average Bonchev–Trinajstić information content (AvgIpc) is 3.15. The van der Waals surface area contributed by atoms with Crippen molar-refractivity contribution in [2.45, 2.75) is 13.1 Å². The summed E-state index contributed by atoms with van der Waals surface area (Å²) in [5, 5.41) is 3.83. The standard InChI is InChI=1S/C22H17FN4O2/c23-18-8-6-16(7-9-18)20(28)13-26-11-12-27(15-26)14-21(29)25-19-5-1-3-17-4-2-10-24-22(17)19/h1-12,15H,13-14H2/p+1. The van der Waals surface area contributed by atoms with Crippen molar-refractivity contribution in [1.29, 1.82) is 0 Å². The number of pyridine rings is 1. The third-order valence-electron chi connectivity index (χ3n) is 4.47. The Balaban J connectivity index is 1.40. The zero-order valence-corrected chi connectivity index (χ0v) is 15.5. The topological polar surface area (TPSA) is 67.9 Å². The molecule has 144 valence electrons. The lowest BCUT2D eigenvalue weighted by molar-refractivity contribution is -0.682. The number of nitrogens with one attached hydrogen (secondary N) is 1. The zero-order valence-electron chi connectivity index (χ0n) is 15.5. The van der Waals surface area contributed by atoms with Crippen LogP contribution in [-0.2, 0) is 17.9 Å². The predicted octanol–water partition coefficient (Wildman–Crippen LogP) is 2.98. The molecule has 2 heterocycles. The lowest BCUT2D eigenvalue weighted by Crippen LogP contribution is -2.36. The highest BCUT2D eigenvalue weighted by atomic mass is 19.1. The van der Waals surface area contributed by atoms with Gasteiger partial charge in [0.2, 0.25) is 12.1 Å². The highest BCUT2D eigenvalue weighted by molar-refractivity contribution is 6.00. The van der Waals surface area contributed by atoms with Crippen LogP contribution in [0.15, 0.2) is 79.5 Å². The monoisotopic (exact) mass is 389 g/mol. The third-order valence-corrected chi connectivity index (χ3v) is 4.47. The Kier molecular flexibility index (Phi) is 5.11. The Bertz CT molecular complexity index is 1180. The van der Waals surface area contributed by atoms with E-state index in [4.69, 9.17) is 0 Å². The van der Waals surface area contributed by atoms with Crippen LogP contribution in [0, 0.1) is 5.82 Å². The number of aromatic nitrogens is 3. The number of halogens is 1. The maximum absolute atomic E-state index is 13.0. The van der Waals surface area contributed by atoms with Crippen molar-refractivity contribution in [3.8, 4) is 0 Å². The van der Waals surface area contributed by atoms with E-state index < -0.39 is 0 Å². The van der Waals surface area contributed by atoms with Gasteiger partial charge in [0.1, 0.15) is 18.2 Å². The van der Waals surface area contributed by atoms with Crippen molar-refractivity contribution in [2.75, 3.05) is 5.32 Å². The molecular weight excluding hydrogens is 371 g/mol. The lowest BCUT2D eigenvalue weighted by Gasteiger charge is -2.06.